The van der Waals surface area contributed by atoms with Gasteiger partial charge in [0, 0.05) is 19.0 Å². The number of carbonyl (C=O) groups excluding carboxylic acids is 1. The summed E-state index contributed by atoms with van der Waals surface area (Å²) in [6.07, 6.45) is 2.52. The first-order chi connectivity index (χ1) is 6.44. The second-order valence-electron chi connectivity index (χ2n) is 3.03. The van der Waals surface area contributed by atoms with Crippen LogP contribution in [0.5, 0.6) is 0 Å². The van der Waals surface area contributed by atoms with Gasteiger partial charge in [-0.1, -0.05) is 0 Å². The average Bonchev–Trinajstić information content (AvgIpc) is 2.47. The molecule has 0 unspecified atom stereocenters. The van der Waals surface area contributed by atoms with Crippen molar-refractivity contribution in [2.75, 3.05) is 12.0 Å². The molecule has 0 spiro atoms. The van der Waals surface area contributed by atoms with E-state index in [1.807, 2.05) is 6.92 Å². The zero-order valence-corrected chi connectivity index (χ0v) is 8.91. The highest BCUT2D eigenvalue weighted by Gasteiger charge is 2.16. The number of nitrogens with zero attached hydrogens (tertiary/aromatic N) is 2. The number of ketones is 1. The molecule has 0 aliphatic heterocycles. The fraction of sp³-hybridized carbons (Fsp3) is 0.500. The van der Waals surface area contributed by atoms with Crippen molar-refractivity contribution >= 4 is 15.6 Å². The van der Waals surface area contributed by atoms with Crippen LogP contribution in [0.25, 0.3) is 0 Å². The molecule has 5 nitrogen and oxygen atoms in total. The highest BCUT2D eigenvalue weighted by atomic mass is 32.2. The Bertz CT molecular complexity index is 433. The normalized spacial score (nSPS) is 11.6. The zero-order chi connectivity index (χ0) is 10.8. The summed E-state index contributed by atoms with van der Waals surface area (Å²) >= 11 is 0. The number of aromatic nitrogens is 2. The largest absolute Gasteiger partial charge is 0.291 e. The highest BCUT2D eigenvalue weighted by Crippen LogP contribution is 2.02. The fourth-order valence-electron chi connectivity index (χ4n) is 1.13. The lowest BCUT2D eigenvalue weighted by molar-refractivity contribution is 0.101. The van der Waals surface area contributed by atoms with Gasteiger partial charge in [-0.15, -0.1) is 0 Å². The van der Waals surface area contributed by atoms with Gasteiger partial charge >= 0.3 is 0 Å². The highest BCUT2D eigenvalue weighted by molar-refractivity contribution is 7.91. The van der Waals surface area contributed by atoms with E-state index >= 15 is 0 Å². The standard InChI is InChI=1S/C8H12N2O3S/c1-3-10-7(4-5-9-10)8(11)6-14(2,12)13/h4-5H,3,6H2,1-2H3. The van der Waals surface area contributed by atoms with Crippen molar-refractivity contribution in [2.24, 2.45) is 0 Å². The number of sulfone groups is 1. The van der Waals surface area contributed by atoms with Gasteiger partial charge in [-0.2, -0.15) is 5.10 Å². The third kappa shape index (κ3) is 2.66. The van der Waals surface area contributed by atoms with Gasteiger partial charge in [0.05, 0.1) is 0 Å². The molecule has 0 aromatic carbocycles. The number of rotatable bonds is 4. The van der Waals surface area contributed by atoms with Gasteiger partial charge in [0.25, 0.3) is 0 Å². The molecular formula is C8H12N2O3S. The van der Waals surface area contributed by atoms with E-state index < -0.39 is 21.4 Å². The first-order valence-electron chi connectivity index (χ1n) is 4.17. The van der Waals surface area contributed by atoms with E-state index in [0.29, 0.717) is 12.2 Å². The van der Waals surface area contributed by atoms with E-state index in [0.717, 1.165) is 6.26 Å². The van der Waals surface area contributed by atoms with Crippen LogP contribution in [0.1, 0.15) is 17.4 Å². The molecule has 78 valence electrons. The summed E-state index contributed by atoms with van der Waals surface area (Å²) in [7, 11) is -3.27. The van der Waals surface area contributed by atoms with Gasteiger partial charge in [-0.05, 0) is 13.0 Å². The molecule has 1 aromatic heterocycles. The Hall–Kier alpha value is -1.17. The number of hydrogen-bond acceptors (Lipinski definition) is 4. The van der Waals surface area contributed by atoms with Crippen molar-refractivity contribution < 1.29 is 13.2 Å². The molecule has 0 aliphatic carbocycles. The van der Waals surface area contributed by atoms with Crippen LogP contribution in [0, 0.1) is 0 Å². The van der Waals surface area contributed by atoms with E-state index in [4.69, 9.17) is 0 Å². The van der Waals surface area contributed by atoms with Gasteiger partial charge < -0.3 is 0 Å². The maximum absolute atomic E-state index is 11.5. The molecule has 1 aromatic rings. The predicted molar refractivity (Wildman–Crippen MR) is 51.9 cm³/mol. The molecule has 6 heteroatoms. The van der Waals surface area contributed by atoms with Crippen LogP contribution in [-0.4, -0.2) is 36.0 Å². The fourth-order valence-corrected chi connectivity index (χ4v) is 1.76. The molecular weight excluding hydrogens is 204 g/mol. The smallest absolute Gasteiger partial charge is 0.195 e. The summed E-state index contributed by atoms with van der Waals surface area (Å²) in [5.41, 5.74) is 0.345. The molecule has 0 bridgehead atoms. The molecule has 0 atom stereocenters. The summed E-state index contributed by atoms with van der Waals surface area (Å²) in [6.45, 7) is 2.39. The van der Waals surface area contributed by atoms with Crippen LogP contribution < -0.4 is 0 Å². The Labute approximate surface area is 82.7 Å². The number of hydrogen-bond donors (Lipinski definition) is 0. The first-order valence-corrected chi connectivity index (χ1v) is 6.23. The number of aryl methyl sites for hydroxylation is 1. The summed E-state index contributed by atoms with van der Waals surface area (Å²) in [4.78, 5) is 11.5. The SMILES string of the molecule is CCn1nccc1C(=O)CS(C)(=O)=O. The Kier molecular flexibility index (Phi) is 3.05. The summed E-state index contributed by atoms with van der Waals surface area (Å²) < 4.78 is 23.3. The second-order valence-corrected chi connectivity index (χ2v) is 5.17. The van der Waals surface area contributed by atoms with E-state index in [2.05, 4.69) is 5.10 Å². The molecule has 0 amide bonds. The van der Waals surface area contributed by atoms with E-state index in [9.17, 15) is 13.2 Å². The van der Waals surface area contributed by atoms with Gasteiger partial charge in [-0.25, -0.2) is 8.42 Å². The van der Waals surface area contributed by atoms with E-state index in [1.54, 1.807) is 0 Å². The summed E-state index contributed by atoms with van der Waals surface area (Å²) in [6, 6.07) is 1.52. The molecule has 0 radical (unpaired) electrons. The zero-order valence-electron chi connectivity index (χ0n) is 8.10. The topological polar surface area (TPSA) is 69.0 Å². The van der Waals surface area contributed by atoms with Crippen LogP contribution in [0.2, 0.25) is 0 Å². The molecule has 14 heavy (non-hydrogen) atoms. The quantitative estimate of drug-likeness (QED) is 0.671. The van der Waals surface area contributed by atoms with Crippen molar-refractivity contribution in [3.8, 4) is 0 Å². The molecule has 0 saturated heterocycles. The van der Waals surface area contributed by atoms with Crippen molar-refractivity contribution in [3.05, 3.63) is 18.0 Å². The van der Waals surface area contributed by atoms with Gasteiger partial charge in [0.15, 0.2) is 15.6 Å². The van der Waals surface area contributed by atoms with Crippen molar-refractivity contribution in [3.63, 3.8) is 0 Å². The summed E-state index contributed by atoms with van der Waals surface area (Å²) in [5.74, 6) is -0.870. The molecule has 1 heterocycles. The average molecular weight is 216 g/mol. The van der Waals surface area contributed by atoms with Crippen LogP contribution in [-0.2, 0) is 16.4 Å². The minimum Gasteiger partial charge on any atom is -0.291 e. The monoisotopic (exact) mass is 216 g/mol. The van der Waals surface area contributed by atoms with Crippen LogP contribution in [0.4, 0.5) is 0 Å². The van der Waals surface area contributed by atoms with Crippen molar-refractivity contribution in [2.45, 2.75) is 13.5 Å². The minimum absolute atomic E-state index is 0.345. The maximum atomic E-state index is 11.5. The van der Waals surface area contributed by atoms with Crippen molar-refractivity contribution in [1.82, 2.24) is 9.78 Å². The molecule has 0 N–H and O–H groups in total. The predicted octanol–water partition coefficient (Wildman–Crippen LogP) is 0.130. The second kappa shape index (κ2) is 3.91. The lowest BCUT2D eigenvalue weighted by atomic mass is 10.3. The summed E-state index contributed by atoms with van der Waals surface area (Å²) in [5, 5.41) is 3.89. The van der Waals surface area contributed by atoms with E-state index in [-0.39, 0.29) is 0 Å². The Morgan fingerprint density at radius 2 is 2.21 bits per heavy atom. The van der Waals surface area contributed by atoms with Crippen LogP contribution >= 0.6 is 0 Å². The molecule has 0 saturated carbocycles. The van der Waals surface area contributed by atoms with E-state index in [1.165, 1.54) is 16.9 Å². The van der Waals surface area contributed by atoms with Gasteiger partial charge in [0.1, 0.15) is 11.4 Å². The lowest BCUT2D eigenvalue weighted by Crippen LogP contribution is -2.18. The van der Waals surface area contributed by atoms with Crippen LogP contribution in [0.15, 0.2) is 12.3 Å². The maximum Gasteiger partial charge on any atom is 0.195 e. The molecule has 0 aliphatic rings. The van der Waals surface area contributed by atoms with Gasteiger partial charge in [-0.3, -0.25) is 9.48 Å². The Morgan fingerprint density at radius 3 is 2.71 bits per heavy atom. The minimum atomic E-state index is -3.27. The molecule has 0 fully saturated rings. The number of carbonyl (C=O) groups is 1. The Balaban J connectivity index is 2.90. The number of Topliss-reactive ketones (excluding diaryl/α,β-unsaturated/α-hetero) is 1. The van der Waals surface area contributed by atoms with Crippen LogP contribution in [0.3, 0.4) is 0 Å². The first kappa shape index (κ1) is 10.9. The lowest BCUT2D eigenvalue weighted by Gasteiger charge is -2.02. The third-order valence-corrected chi connectivity index (χ3v) is 2.48. The molecule has 1 rings (SSSR count). The Morgan fingerprint density at radius 1 is 1.57 bits per heavy atom. The van der Waals surface area contributed by atoms with Crippen molar-refractivity contribution in [1.29, 1.82) is 0 Å². The van der Waals surface area contributed by atoms with Gasteiger partial charge in [0.2, 0.25) is 0 Å². The third-order valence-electron chi connectivity index (χ3n) is 1.70.